The molecule has 0 saturated carbocycles. The second kappa shape index (κ2) is 10.5. The molecule has 0 atom stereocenters. The van der Waals surface area contributed by atoms with Crippen LogP contribution in [0.3, 0.4) is 0 Å². The molecule has 0 aliphatic heterocycles. The molecule has 20 heavy (non-hydrogen) atoms. The monoisotopic (exact) mass is 306 g/mol. The number of hydrogen-bond acceptors (Lipinski definition) is 7. The Balaban J connectivity index is 3.59. The van der Waals surface area contributed by atoms with Crippen LogP contribution in [0.2, 0.25) is 0 Å². The molecule has 0 aliphatic carbocycles. The van der Waals surface area contributed by atoms with Gasteiger partial charge in [0.05, 0.1) is 18.9 Å². The molecule has 0 bridgehead atoms. The van der Waals surface area contributed by atoms with Gasteiger partial charge >= 0.3 is 17.2 Å². The van der Waals surface area contributed by atoms with Gasteiger partial charge in [-0.25, -0.2) is 4.79 Å². The van der Waals surface area contributed by atoms with E-state index in [2.05, 4.69) is 9.47 Å². The molecule has 7 heteroatoms. The molecule has 0 fully saturated rings. The number of hydrogen-bond donors (Lipinski definition) is 0. The summed E-state index contributed by atoms with van der Waals surface area (Å²) in [6.45, 7) is 7.22. The Kier molecular flexibility index (Phi) is 9.88. The smallest absolute Gasteiger partial charge is 0.370 e. The molecule has 0 aromatic heterocycles. The molecule has 0 aromatic carbocycles. The topological polar surface area (TPSA) is 78.9 Å². The first kappa shape index (κ1) is 18.8. The Bertz CT molecular complexity index is 327. The highest BCUT2D eigenvalue weighted by molar-refractivity contribution is 8.13. The van der Waals surface area contributed by atoms with Crippen molar-refractivity contribution < 1.29 is 28.6 Å². The molecule has 0 radical (unpaired) electrons. The van der Waals surface area contributed by atoms with Crippen molar-refractivity contribution in [3.05, 3.63) is 0 Å². The lowest BCUT2D eigenvalue weighted by Gasteiger charge is -2.08. The van der Waals surface area contributed by atoms with Crippen LogP contribution >= 0.6 is 11.8 Å². The van der Waals surface area contributed by atoms with E-state index in [1.165, 1.54) is 0 Å². The van der Waals surface area contributed by atoms with Gasteiger partial charge in [-0.15, -0.1) is 0 Å². The van der Waals surface area contributed by atoms with Gasteiger partial charge in [-0.3, -0.25) is 9.59 Å². The highest BCUT2D eigenvalue weighted by atomic mass is 32.2. The van der Waals surface area contributed by atoms with Gasteiger partial charge in [-0.2, -0.15) is 0 Å². The third-order valence-electron chi connectivity index (χ3n) is 1.95. The van der Waals surface area contributed by atoms with Crippen LogP contribution in [0, 0.1) is 11.8 Å². The number of carbonyl (C=O) groups excluding carboxylic acids is 3. The number of thioether (sulfide) groups is 1. The normalized spacial score (nSPS) is 10.5. The van der Waals surface area contributed by atoms with Crippen LogP contribution in [-0.2, 0) is 23.8 Å². The lowest BCUT2D eigenvalue weighted by atomic mass is 10.2. The molecule has 0 N–H and O–H groups in total. The SMILES string of the molecule is CC(C)COC(=O)CCSC(=O)OCOC(=O)C(C)C. The molecule has 0 unspecified atom stereocenters. The van der Waals surface area contributed by atoms with Crippen molar-refractivity contribution in [2.45, 2.75) is 34.1 Å². The predicted molar refractivity (Wildman–Crippen MR) is 75.2 cm³/mol. The van der Waals surface area contributed by atoms with E-state index in [1.54, 1.807) is 13.8 Å². The Labute approximate surface area is 123 Å². The van der Waals surface area contributed by atoms with Crippen LogP contribution in [0.15, 0.2) is 0 Å². The van der Waals surface area contributed by atoms with Gasteiger partial charge in [0.25, 0.3) is 0 Å². The second-order valence-corrected chi connectivity index (χ2v) is 5.84. The summed E-state index contributed by atoms with van der Waals surface area (Å²) in [5.74, 6) is -0.483. The summed E-state index contributed by atoms with van der Waals surface area (Å²) < 4.78 is 14.3. The van der Waals surface area contributed by atoms with Gasteiger partial charge in [0.1, 0.15) is 0 Å². The summed E-state index contributed by atoms with van der Waals surface area (Å²) in [4.78, 5) is 33.6. The first-order valence-corrected chi connectivity index (χ1v) is 7.43. The maximum Gasteiger partial charge on any atom is 0.370 e. The molecule has 0 amide bonds. The number of carbonyl (C=O) groups is 3. The Morgan fingerprint density at radius 2 is 1.65 bits per heavy atom. The van der Waals surface area contributed by atoms with Crippen LogP contribution in [0.1, 0.15) is 34.1 Å². The lowest BCUT2D eigenvalue weighted by Crippen LogP contribution is -2.15. The number of ether oxygens (including phenoxy) is 3. The average molecular weight is 306 g/mol. The summed E-state index contributed by atoms with van der Waals surface area (Å²) in [5.41, 5.74) is 0. The van der Waals surface area contributed by atoms with Crippen LogP contribution in [0.25, 0.3) is 0 Å². The van der Waals surface area contributed by atoms with Crippen molar-refractivity contribution in [3.8, 4) is 0 Å². The van der Waals surface area contributed by atoms with Crippen molar-refractivity contribution >= 4 is 29.0 Å². The van der Waals surface area contributed by atoms with E-state index < -0.39 is 18.1 Å². The van der Waals surface area contributed by atoms with Crippen molar-refractivity contribution in [1.82, 2.24) is 0 Å². The van der Waals surface area contributed by atoms with Gasteiger partial charge in [0, 0.05) is 5.75 Å². The van der Waals surface area contributed by atoms with Crippen LogP contribution in [0.5, 0.6) is 0 Å². The third kappa shape index (κ3) is 10.7. The molecular formula is C13H22O6S. The fraction of sp³-hybridized carbons (Fsp3) is 0.769. The van der Waals surface area contributed by atoms with E-state index in [1.807, 2.05) is 13.8 Å². The maximum atomic E-state index is 11.3. The van der Waals surface area contributed by atoms with Crippen LogP contribution < -0.4 is 0 Å². The lowest BCUT2D eigenvalue weighted by molar-refractivity contribution is -0.155. The van der Waals surface area contributed by atoms with Crippen molar-refractivity contribution in [3.63, 3.8) is 0 Å². The first-order valence-electron chi connectivity index (χ1n) is 6.44. The van der Waals surface area contributed by atoms with Crippen LogP contribution in [-0.4, -0.2) is 36.4 Å². The van der Waals surface area contributed by atoms with Gasteiger partial charge in [-0.1, -0.05) is 27.7 Å². The highest BCUT2D eigenvalue weighted by Gasteiger charge is 2.11. The van der Waals surface area contributed by atoms with Gasteiger partial charge in [-0.05, 0) is 17.7 Å². The molecule has 0 aromatic rings. The maximum absolute atomic E-state index is 11.3. The van der Waals surface area contributed by atoms with Crippen molar-refractivity contribution in [2.75, 3.05) is 19.2 Å². The molecule has 0 saturated heterocycles. The minimum Gasteiger partial charge on any atom is -0.465 e. The summed E-state index contributed by atoms with van der Waals surface area (Å²) >= 11 is 0.846. The molecular weight excluding hydrogens is 284 g/mol. The van der Waals surface area contributed by atoms with Crippen LogP contribution in [0.4, 0.5) is 4.79 Å². The zero-order chi connectivity index (χ0) is 15.5. The van der Waals surface area contributed by atoms with E-state index >= 15 is 0 Å². The predicted octanol–water partition coefficient (Wildman–Crippen LogP) is 2.60. The van der Waals surface area contributed by atoms with Gasteiger partial charge < -0.3 is 14.2 Å². The van der Waals surface area contributed by atoms with Gasteiger partial charge in [0.2, 0.25) is 6.79 Å². The fourth-order valence-electron chi connectivity index (χ4n) is 0.893. The molecule has 0 spiro atoms. The summed E-state index contributed by atoms with van der Waals surface area (Å²) in [7, 11) is 0. The zero-order valence-corrected chi connectivity index (χ0v) is 13.2. The Morgan fingerprint density at radius 3 is 2.20 bits per heavy atom. The molecule has 6 nitrogen and oxygen atoms in total. The number of rotatable bonds is 8. The zero-order valence-electron chi connectivity index (χ0n) is 12.3. The van der Waals surface area contributed by atoms with E-state index in [-0.39, 0.29) is 30.0 Å². The molecule has 0 aliphatic rings. The number of esters is 2. The molecule has 0 rings (SSSR count). The van der Waals surface area contributed by atoms with E-state index in [0.29, 0.717) is 6.61 Å². The first-order chi connectivity index (χ1) is 9.32. The summed E-state index contributed by atoms with van der Waals surface area (Å²) in [6, 6.07) is 0. The van der Waals surface area contributed by atoms with Crippen molar-refractivity contribution in [2.24, 2.45) is 11.8 Å². The average Bonchev–Trinajstić information content (AvgIpc) is 2.36. The minimum absolute atomic E-state index is 0.137. The molecule has 0 heterocycles. The largest absolute Gasteiger partial charge is 0.465 e. The van der Waals surface area contributed by atoms with Crippen molar-refractivity contribution in [1.29, 1.82) is 0 Å². The highest BCUT2D eigenvalue weighted by Crippen LogP contribution is 2.08. The Hall–Kier alpha value is -1.24. The standard InChI is InChI=1S/C13H22O6S/c1-9(2)7-17-11(14)5-6-20-13(16)19-8-18-12(15)10(3)4/h9-10H,5-8H2,1-4H3. The third-order valence-corrected chi connectivity index (χ3v) is 2.71. The fourth-order valence-corrected chi connectivity index (χ4v) is 1.46. The second-order valence-electron chi connectivity index (χ2n) is 4.81. The van der Waals surface area contributed by atoms with Gasteiger partial charge in [0.15, 0.2) is 0 Å². The summed E-state index contributed by atoms with van der Waals surface area (Å²) in [5, 5.41) is -0.585. The van der Waals surface area contributed by atoms with E-state index in [0.717, 1.165) is 11.8 Å². The van der Waals surface area contributed by atoms with E-state index in [9.17, 15) is 14.4 Å². The summed E-state index contributed by atoms with van der Waals surface area (Å²) in [6.07, 6.45) is 0.137. The minimum atomic E-state index is -0.585. The van der Waals surface area contributed by atoms with E-state index in [4.69, 9.17) is 4.74 Å². The Morgan fingerprint density at radius 1 is 1.00 bits per heavy atom. The quantitative estimate of drug-likeness (QED) is 0.503. The molecule has 116 valence electrons.